The Bertz CT molecular complexity index is 572. The number of aliphatic hydroxyl groups excluding tert-OH is 1. The zero-order valence-electron chi connectivity index (χ0n) is 12.2. The van der Waals surface area contributed by atoms with Crippen LogP contribution in [0, 0.1) is 5.82 Å². The molecule has 0 saturated carbocycles. The molecule has 0 aliphatic heterocycles. The molecule has 112 valence electrons. The van der Waals surface area contributed by atoms with Gasteiger partial charge in [-0.25, -0.2) is 4.39 Å². The summed E-state index contributed by atoms with van der Waals surface area (Å²) in [6.45, 7) is 2.68. The Morgan fingerprint density at radius 2 is 1.86 bits per heavy atom. The van der Waals surface area contributed by atoms with Gasteiger partial charge in [0, 0.05) is 19.1 Å². The van der Waals surface area contributed by atoms with Crippen LogP contribution in [-0.2, 0) is 6.54 Å². The number of para-hydroxylation sites is 1. The molecule has 0 aliphatic carbocycles. The Hall–Kier alpha value is -1.91. The molecule has 21 heavy (non-hydrogen) atoms. The van der Waals surface area contributed by atoms with E-state index < -0.39 is 0 Å². The molecule has 0 amide bonds. The molecule has 3 N–H and O–H groups in total. The summed E-state index contributed by atoms with van der Waals surface area (Å²) in [6.07, 6.45) is 0. The Balaban J connectivity index is 2.38. The van der Waals surface area contributed by atoms with Crippen LogP contribution in [0.5, 0.6) is 0 Å². The largest absolute Gasteiger partial charge is 0.395 e. The summed E-state index contributed by atoms with van der Waals surface area (Å²) in [6, 6.07) is 14.4. The van der Waals surface area contributed by atoms with Gasteiger partial charge in [0.2, 0.25) is 0 Å². The van der Waals surface area contributed by atoms with Crippen LogP contribution in [0.4, 0.5) is 10.1 Å². The summed E-state index contributed by atoms with van der Waals surface area (Å²) in [4.78, 5) is 1.84. The van der Waals surface area contributed by atoms with E-state index in [-0.39, 0.29) is 18.5 Å². The predicted molar refractivity (Wildman–Crippen MR) is 83.6 cm³/mol. The third-order valence-electron chi connectivity index (χ3n) is 3.41. The van der Waals surface area contributed by atoms with E-state index in [0.717, 1.165) is 11.1 Å². The molecule has 0 saturated heterocycles. The van der Waals surface area contributed by atoms with Crippen molar-refractivity contribution in [2.45, 2.75) is 19.5 Å². The van der Waals surface area contributed by atoms with Crippen molar-refractivity contribution < 1.29 is 9.50 Å². The van der Waals surface area contributed by atoms with Gasteiger partial charge in [-0.05, 0) is 24.1 Å². The molecule has 2 aromatic carbocycles. The van der Waals surface area contributed by atoms with Crippen molar-refractivity contribution in [1.29, 1.82) is 0 Å². The zero-order chi connectivity index (χ0) is 15.2. The quantitative estimate of drug-likeness (QED) is 0.859. The van der Waals surface area contributed by atoms with E-state index in [2.05, 4.69) is 0 Å². The van der Waals surface area contributed by atoms with Crippen molar-refractivity contribution in [3.05, 3.63) is 65.5 Å². The molecule has 0 heterocycles. The predicted octanol–water partition coefficient (Wildman–Crippen LogP) is 2.84. The fourth-order valence-electron chi connectivity index (χ4n) is 2.43. The number of halogens is 1. The lowest BCUT2D eigenvalue weighted by molar-refractivity contribution is 0.301. The number of benzene rings is 2. The first kappa shape index (κ1) is 15.5. The fraction of sp³-hybridized carbons (Fsp3) is 0.294. The molecule has 0 bridgehead atoms. The maximum Gasteiger partial charge on any atom is 0.146 e. The van der Waals surface area contributed by atoms with Gasteiger partial charge in [-0.2, -0.15) is 0 Å². The van der Waals surface area contributed by atoms with Crippen LogP contribution >= 0.6 is 0 Å². The van der Waals surface area contributed by atoms with Gasteiger partial charge in [-0.1, -0.05) is 42.5 Å². The maximum atomic E-state index is 14.3. The highest BCUT2D eigenvalue weighted by atomic mass is 19.1. The molecule has 1 atom stereocenters. The summed E-state index contributed by atoms with van der Waals surface area (Å²) in [5, 5.41) is 9.30. The fourth-order valence-corrected chi connectivity index (χ4v) is 2.43. The summed E-state index contributed by atoms with van der Waals surface area (Å²) in [5.41, 5.74) is 8.24. The number of nitrogens with zero attached hydrogens (tertiary/aromatic N) is 1. The summed E-state index contributed by atoms with van der Waals surface area (Å²) in [5.74, 6) is -0.311. The average Bonchev–Trinajstić information content (AvgIpc) is 2.47. The second-order valence-corrected chi connectivity index (χ2v) is 5.10. The number of anilines is 1. The highest BCUT2D eigenvalue weighted by Gasteiger charge is 2.18. The minimum absolute atomic E-state index is 0.0421. The van der Waals surface area contributed by atoms with Crippen molar-refractivity contribution in [2.24, 2.45) is 5.73 Å². The minimum atomic E-state index is -0.311. The summed E-state index contributed by atoms with van der Waals surface area (Å²) in [7, 11) is 0. The van der Waals surface area contributed by atoms with E-state index >= 15 is 0 Å². The second kappa shape index (κ2) is 7.20. The van der Waals surface area contributed by atoms with Gasteiger partial charge in [0.15, 0.2) is 0 Å². The monoisotopic (exact) mass is 288 g/mol. The second-order valence-electron chi connectivity index (χ2n) is 5.10. The van der Waals surface area contributed by atoms with E-state index in [1.54, 1.807) is 6.07 Å². The van der Waals surface area contributed by atoms with Crippen LogP contribution < -0.4 is 10.6 Å². The smallest absolute Gasteiger partial charge is 0.146 e. The topological polar surface area (TPSA) is 49.5 Å². The Morgan fingerprint density at radius 1 is 1.14 bits per heavy atom. The van der Waals surface area contributed by atoms with Crippen LogP contribution in [0.15, 0.2) is 48.5 Å². The van der Waals surface area contributed by atoms with E-state index in [9.17, 15) is 9.50 Å². The third kappa shape index (κ3) is 3.80. The molecule has 1 unspecified atom stereocenters. The number of hydrogen-bond donors (Lipinski definition) is 2. The van der Waals surface area contributed by atoms with Gasteiger partial charge in [-0.15, -0.1) is 0 Å². The summed E-state index contributed by atoms with van der Waals surface area (Å²) >= 11 is 0. The van der Waals surface area contributed by atoms with Crippen molar-refractivity contribution in [2.75, 3.05) is 18.1 Å². The Morgan fingerprint density at radius 3 is 2.48 bits per heavy atom. The molecule has 2 rings (SSSR count). The average molecular weight is 288 g/mol. The van der Waals surface area contributed by atoms with Gasteiger partial charge < -0.3 is 15.7 Å². The highest BCUT2D eigenvalue weighted by molar-refractivity contribution is 5.56. The standard InChI is InChI=1S/C17H21FN2O/c1-13(19)15-8-5-9-16(18)17(15)20(10-11-21)12-14-6-3-2-4-7-14/h2-9,13,21H,10-12,19H2,1H3. The van der Waals surface area contributed by atoms with E-state index in [1.165, 1.54) is 6.07 Å². The Kier molecular flexibility index (Phi) is 5.31. The first-order chi connectivity index (χ1) is 10.1. The zero-order valence-corrected chi connectivity index (χ0v) is 12.2. The van der Waals surface area contributed by atoms with E-state index in [0.29, 0.717) is 18.8 Å². The number of nitrogens with two attached hydrogens (primary N) is 1. The summed E-state index contributed by atoms with van der Waals surface area (Å²) < 4.78 is 14.3. The molecule has 4 heteroatoms. The normalized spacial score (nSPS) is 12.2. The third-order valence-corrected chi connectivity index (χ3v) is 3.41. The molecular formula is C17H21FN2O. The van der Waals surface area contributed by atoms with Crippen molar-refractivity contribution in [1.82, 2.24) is 0 Å². The molecule has 0 radical (unpaired) electrons. The van der Waals surface area contributed by atoms with Crippen molar-refractivity contribution in [3.63, 3.8) is 0 Å². The minimum Gasteiger partial charge on any atom is -0.395 e. The molecule has 0 aliphatic rings. The Labute approximate surface area is 124 Å². The molecular weight excluding hydrogens is 267 g/mol. The maximum absolute atomic E-state index is 14.3. The van der Waals surface area contributed by atoms with Gasteiger partial charge in [0.05, 0.1) is 12.3 Å². The van der Waals surface area contributed by atoms with E-state index in [4.69, 9.17) is 5.73 Å². The molecule has 0 spiro atoms. The van der Waals surface area contributed by atoms with Crippen LogP contribution in [0.3, 0.4) is 0 Å². The van der Waals surface area contributed by atoms with Crippen LogP contribution in [0.25, 0.3) is 0 Å². The van der Waals surface area contributed by atoms with E-state index in [1.807, 2.05) is 48.2 Å². The number of aliphatic hydroxyl groups is 1. The molecule has 2 aromatic rings. The number of hydrogen-bond acceptors (Lipinski definition) is 3. The first-order valence-electron chi connectivity index (χ1n) is 7.07. The molecule has 0 fully saturated rings. The number of rotatable bonds is 6. The van der Waals surface area contributed by atoms with Gasteiger partial charge >= 0.3 is 0 Å². The SMILES string of the molecule is CC(N)c1cccc(F)c1N(CCO)Cc1ccccc1. The van der Waals surface area contributed by atoms with Gasteiger partial charge in [0.25, 0.3) is 0 Å². The van der Waals surface area contributed by atoms with Crippen LogP contribution in [-0.4, -0.2) is 18.3 Å². The lowest BCUT2D eigenvalue weighted by Gasteiger charge is -2.28. The van der Waals surface area contributed by atoms with Crippen LogP contribution in [0.1, 0.15) is 24.1 Å². The first-order valence-corrected chi connectivity index (χ1v) is 7.07. The molecule has 0 aromatic heterocycles. The highest BCUT2D eigenvalue weighted by Crippen LogP contribution is 2.29. The van der Waals surface area contributed by atoms with Crippen molar-refractivity contribution in [3.8, 4) is 0 Å². The molecule has 3 nitrogen and oxygen atoms in total. The lowest BCUT2D eigenvalue weighted by atomic mass is 10.0. The lowest BCUT2D eigenvalue weighted by Crippen LogP contribution is -2.29. The van der Waals surface area contributed by atoms with Gasteiger partial charge in [-0.3, -0.25) is 0 Å². The van der Waals surface area contributed by atoms with Crippen LogP contribution in [0.2, 0.25) is 0 Å². The van der Waals surface area contributed by atoms with Gasteiger partial charge in [0.1, 0.15) is 5.82 Å². The van der Waals surface area contributed by atoms with Crippen molar-refractivity contribution >= 4 is 5.69 Å².